The minimum Gasteiger partial charge on any atom is -0.493 e. The molecule has 36 heavy (non-hydrogen) atoms. The minimum absolute atomic E-state index is 0.249. The highest BCUT2D eigenvalue weighted by Crippen LogP contribution is 2.41. The Bertz CT molecular complexity index is 984. The van der Waals surface area contributed by atoms with Gasteiger partial charge in [0.25, 0.3) is 0 Å². The van der Waals surface area contributed by atoms with E-state index >= 15 is 4.39 Å². The van der Waals surface area contributed by atoms with Crippen molar-refractivity contribution in [3.8, 4) is 22.9 Å². The third-order valence-corrected chi connectivity index (χ3v) is 8.17. The summed E-state index contributed by atoms with van der Waals surface area (Å²) in [5, 5.41) is 9.95. The monoisotopic (exact) mass is 491 g/mol. The molecule has 1 saturated carbocycles. The molecule has 3 rings (SSSR count). The van der Waals surface area contributed by atoms with Crippen LogP contribution in [0.15, 0.2) is 30.3 Å². The lowest BCUT2D eigenvalue weighted by Crippen LogP contribution is -2.13. The summed E-state index contributed by atoms with van der Waals surface area (Å²) in [5.41, 5.74) is 3.96. The highest BCUT2D eigenvalue weighted by atomic mass is 19.1. The number of nitrogens with zero attached hydrogens (tertiary/aromatic N) is 1. The fourth-order valence-electron chi connectivity index (χ4n) is 5.89. The number of aryl methyl sites for hydroxylation is 1. The van der Waals surface area contributed by atoms with Crippen molar-refractivity contribution in [2.24, 2.45) is 5.92 Å². The zero-order valence-corrected chi connectivity index (χ0v) is 22.9. The van der Waals surface area contributed by atoms with Gasteiger partial charge >= 0.3 is 0 Å². The molecule has 3 heteroatoms. The van der Waals surface area contributed by atoms with E-state index in [1.807, 2.05) is 24.3 Å². The van der Waals surface area contributed by atoms with Gasteiger partial charge in [-0.3, -0.25) is 0 Å². The molecule has 2 aromatic carbocycles. The van der Waals surface area contributed by atoms with Crippen molar-refractivity contribution in [2.45, 2.75) is 116 Å². The summed E-state index contributed by atoms with van der Waals surface area (Å²) >= 11 is 0. The van der Waals surface area contributed by atoms with Gasteiger partial charge in [0.2, 0.25) is 0 Å². The second-order valence-corrected chi connectivity index (χ2v) is 10.8. The summed E-state index contributed by atoms with van der Waals surface area (Å²) in [6, 6.07) is 12.3. The van der Waals surface area contributed by atoms with Crippen molar-refractivity contribution >= 4 is 0 Å². The lowest BCUT2D eigenvalue weighted by molar-refractivity contribution is 0.302. The van der Waals surface area contributed by atoms with Gasteiger partial charge < -0.3 is 4.74 Å². The Morgan fingerprint density at radius 2 is 1.53 bits per heavy atom. The van der Waals surface area contributed by atoms with E-state index in [-0.39, 0.29) is 11.6 Å². The second kappa shape index (κ2) is 15.0. The highest BCUT2D eigenvalue weighted by Gasteiger charge is 2.24. The Balaban J connectivity index is 1.61. The van der Waals surface area contributed by atoms with Crippen molar-refractivity contribution in [1.29, 1.82) is 5.26 Å². The van der Waals surface area contributed by atoms with Gasteiger partial charge in [-0.2, -0.15) is 5.26 Å². The molecule has 0 aliphatic heterocycles. The number of halogens is 1. The van der Waals surface area contributed by atoms with E-state index in [4.69, 9.17) is 4.74 Å². The van der Waals surface area contributed by atoms with Crippen LogP contribution in [-0.4, -0.2) is 7.11 Å². The van der Waals surface area contributed by atoms with Crippen molar-refractivity contribution in [3.63, 3.8) is 0 Å². The summed E-state index contributed by atoms with van der Waals surface area (Å²) in [4.78, 5) is 0. The molecule has 0 saturated heterocycles. The first-order valence-corrected chi connectivity index (χ1v) is 14.5. The number of rotatable bonds is 14. The highest BCUT2D eigenvalue weighted by molar-refractivity contribution is 5.77. The maximum atomic E-state index is 15.2. The Hall–Kier alpha value is -2.34. The van der Waals surface area contributed by atoms with Crippen LogP contribution in [0.5, 0.6) is 5.75 Å². The van der Waals surface area contributed by atoms with E-state index in [0.29, 0.717) is 29.0 Å². The molecule has 0 unspecified atom stereocenters. The van der Waals surface area contributed by atoms with E-state index in [1.54, 1.807) is 0 Å². The topological polar surface area (TPSA) is 33.0 Å². The average molecular weight is 492 g/mol. The molecule has 0 amide bonds. The third-order valence-electron chi connectivity index (χ3n) is 8.17. The van der Waals surface area contributed by atoms with Crippen molar-refractivity contribution < 1.29 is 9.13 Å². The molecule has 0 aromatic heterocycles. The number of unbranched alkanes of at least 4 members (excludes halogenated alkanes) is 7. The van der Waals surface area contributed by atoms with Crippen LogP contribution >= 0.6 is 0 Å². The van der Waals surface area contributed by atoms with Crippen LogP contribution in [-0.2, 0) is 6.42 Å². The molecule has 1 aliphatic carbocycles. The lowest BCUT2D eigenvalue weighted by atomic mass is 9.76. The van der Waals surface area contributed by atoms with Crippen LogP contribution in [0.1, 0.15) is 126 Å². The Kier molecular flexibility index (Phi) is 11.8. The van der Waals surface area contributed by atoms with Gasteiger partial charge in [-0.15, -0.1) is 0 Å². The fourth-order valence-corrected chi connectivity index (χ4v) is 5.89. The molecule has 2 nitrogen and oxygen atoms in total. The summed E-state index contributed by atoms with van der Waals surface area (Å²) in [5.74, 6) is 1.34. The van der Waals surface area contributed by atoms with Gasteiger partial charge in [-0.25, -0.2) is 4.39 Å². The van der Waals surface area contributed by atoms with Gasteiger partial charge in [-0.1, -0.05) is 95.9 Å². The van der Waals surface area contributed by atoms with Gasteiger partial charge in [0.1, 0.15) is 0 Å². The first-order chi connectivity index (χ1) is 17.6. The smallest absolute Gasteiger partial charge is 0.168 e. The molecule has 2 aromatic rings. The van der Waals surface area contributed by atoms with Gasteiger partial charge in [0, 0.05) is 11.1 Å². The van der Waals surface area contributed by atoms with E-state index in [1.165, 1.54) is 89.7 Å². The van der Waals surface area contributed by atoms with Crippen LogP contribution in [0, 0.1) is 23.1 Å². The molecule has 0 spiro atoms. The van der Waals surface area contributed by atoms with Gasteiger partial charge in [-0.05, 0) is 67.6 Å². The molecular weight excluding hydrogens is 445 g/mol. The Labute approximate surface area is 219 Å². The maximum absolute atomic E-state index is 15.2. The van der Waals surface area contributed by atoms with Crippen molar-refractivity contribution in [1.82, 2.24) is 0 Å². The predicted octanol–water partition coefficient (Wildman–Crippen LogP) is 10.1. The molecule has 0 N–H and O–H groups in total. The van der Waals surface area contributed by atoms with Gasteiger partial charge in [0.15, 0.2) is 11.6 Å². The van der Waals surface area contributed by atoms with E-state index in [9.17, 15) is 5.26 Å². The van der Waals surface area contributed by atoms with Crippen molar-refractivity contribution in [2.75, 3.05) is 7.11 Å². The SMILES string of the molecule is CCCCCCCCCC1CCC(c2ccc(-c3ccc(CCCC)c(F)c3OC)c(C#N)c2)CC1. The standard InChI is InChI=1S/C33H46FNO/c1-4-6-8-9-10-11-12-13-25-15-17-26(18-16-25)28-20-21-30(29(23-28)24-35)31-22-19-27(14-7-5-2)32(34)33(31)36-3/h19-23,25-26H,4-18H2,1-3H3. The molecular formula is C33H46FNO. The largest absolute Gasteiger partial charge is 0.493 e. The number of nitriles is 1. The van der Waals surface area contributed by atoms with Crippen LogP contribution in [0.3, 0.4) is 0 Å². The van der Waals surface area contributed by atoms with E-state index in [0.717, 1.165) is 24.3 Å². The summed E-state index contributed by atoms with van der Waals surface area (Å²) in [6.45, 7) is 4.38. The number of hydrogen-bond donors (Lipinski definition) is 0. The molecule has 0 atom stereocenters. The number of methoxy groups -OCH3 is 1. The second-order valence-electron chi connectivity index (χ2n) is 10.8. The first-order valence-electron chi connectivity index (χ1n) is 14.5. The summed E-state index contributed by atoms with van der Waals surface area (Å²) in [7, 11) is 1.51. The average Bonchev–Trinajstić information content (AvgIpc) is 2.91. The number of hydrogen-bond acceptors (Lipinski definition) is 2. The van der Waals surface area contributed by atoms with Crippen molar-refractivity contribution in [3.05, 3.63) is 52.8 Å². The predicted molar refractivity (Wildman–Crippen MR) is 149 cm³/mol. The number of ether oxygens (including phenoxy) is 1. The zero-order valence-electron chi connectivity index (χ0n) is 22.9. The number of benzene rings is 2. The lowest BCUT2D eigenvalue weighted by Gasteiger charge is -2.29. The van der Waals surface area contributed by atoms with Crippen LogP contribution in [0.2, 0.25) is 0 Å². The fraction of sp³-hybridized carbons (Fsp3) is 0.606. The first kappa shape index (κ1) is 28.2. The van der Waals surface area contributed by atoms with Gasteiger partial charge in [0.05, 0.1) is 18.7 Å². The van der Waals surface area contributed by atoms with Crippen LogP contribution in [0.25, 0.3) is 11.1 Å². The molecule has 196 valence electrons. The molecule has 0 bridgehead atoms. The summed E-state index contributed by atoms with van der Waals surface area (Å²) < 4.78 is 20.6. The van der Waals surface area contributed by atoms with Crippen LogP contribution < -0.4 is 4.74 Å². The van der Waals surface area contributed by atoms with E-state index in [2.05, 4.69) is 26.0 Å². The summed E-state index contributed by atoms with van der Waals surface area (Å²) in [6.07, 6.45) is 18.7. The third kappa shape index (κ3) is 7.58. The zero-order chi connectivity index (χ0) is 25.8. The molecule has 0 radical (unpaired) electrons. The molecule has 1 aliphatic rings. The quantitative estimate of drug-likeness (QED) is 0.246. The Morgan fingerprint density at radius 3 is 2.19 bits per heavy atom. The molecule has 0 heterocycles. The normalized spacial score (nSPS) is 17.6. The van der Waals surface area contributed by atoms with Crippen LogP contribution in [0.4, 0.5) is 4.39 Å². The minimum atomic E-state index is -0.296. The molecule has 1 fully saturated rings. The maximum Gasteiger partial charge on any atom is 0.168 e. The van der Waals surface area contributed by atoms with E-state index < -0.39 is 0 Å². The Morgan fingerprint density at radius 1 is 0.861 bits per heavy atom.